The van der Waals surface area contributed by atoms with Crippen LogP contribution in [0.3, 0.4) is 0 Å². The molecule has 1 saturated heterocycles. The SMILES string of the molecule is O=C(O)[C@@H](c1c[nH]c2ccc(Br)cc12)N1CCN(Cc2ccccc2)CC1. The molecular weight excluding hydrogens is 406 g/mol. The summed E-state index contributed by atoms with van der Waals surface area (Å²) in [5.41, 5.74) is 3.08. The first-order valence-electron chi connectivity index (χ1n) is 9.11. The quantitative estimate of drug-likeness (QED) is 0.648. The number of nitrogens with zero attached hydrogens (tertiary/aromatic N) is 2. The Labute approximate surface area is 166 Å². The number of nitrogens with one attached hydrogen (secondary N) is 1. The number of rotatable bonds is 5. The molecule has 1 atom stereocenters. The van der Waals surface area contributed by atoms with Crippen LogP contribution in [-0.4, -0.2) is 52.0 Å². The molecule has 3 aromatic rings. The molecule has 0 radical (unpaired) electrons. The van der Waals surface area contributed by atoms with Gasteiger partial charge in [0.15, 0.2) is 0 Å². The normalized spacial score (nSPS) is 17.2. The fraction of sp³-hybridized carbons (Fsp3) is 0.286. The molecule has 2 heterocycles. The summed E-state index contributed by atoms with van der Waals surface area (Å²) in [6.45, 7) is 4.12. The van der Waals surface area contributed by atoms with Crippen LogP contribution < -0.4 is 0 Å². The molecule has 0 bridgehead atoms. The summed E-state index contributed by atoms with van der Waals surface area (Å²) in [5, 5.41) is 10.9. The van der Waals surface area contributed by atoms with Crippen LogP contribution in [0.2, 0.25) is 0 Å². The first kappa shape index (κ1) is 18.2. The van der Waals surface area contributed by atoms with Crippen molar-refractivity contribution in [2.75, 3.05) is 26.2 Å². The number of halogens is 1. The van der Waals surface area contributed by atoms with Gasteiger partial charge < -0.3 is 10.1 Å². The van der Waals surface area contributed by atoms with E-state index in [4.69, 9.17) is 0 Å². The summed E-state index contributed by atoms with van der Waals surface area (Å²) < 4.78 is 0.952. The van der Waals surface area contributed by atoms with Gasteiger partial charge in [0.05, 0.1) is 0 Å². The van der Waals surface area contributed by atoms with Crippen LogP contribution in [0.15, 0.2) is 59.2 Å². The maximum Gasteiger partial charge on any atom is 0.325 e. The van der Waals surface area contributed by atoms with E-state index in [0.29, 0.717) is 0 Å². The number of piperazine rings is 1. The van der Waals surface area contributed by atoms with E-state index in [1.807, 2.05) is 30.5 Å². The van der Waals surface area contributed by atoms with Crippen LogP contribution in [0, 0.1) is 0 Å². The van der Waals surface area contributed by atoms with Crippen molar-refractivity contribution < 1.29 is 9.90 Å². The average Bonchev–Trinajstić information content (AvgIpc) is 3.07. The topological polar surface area (TPSA) is 59.6 Å². The van der Waals surface area contributed by atoms with Gasteiger partial charge in [-0.1, -0.05) is 46.3 Å². The maximum atomic E-state index is 12.1. The summed E-state index contributed by atoms with van der Waals surface area (Å²) >= 11 is 3.49. The third kappa shape index (κ3) is 3.93. The first-order valence-corrected chi connectivity index (χ1v) is 9.91. The molecule has 5 nitrogen and oxygen atoms in total. The second-order valence-electron chi connectivity index (χ2n) is 6.97. The number of aromatic nitrogens is 1. The molecule has 0 amide bonds. The van der Waals surface area contributed by atoms with Gasteiger partial charge in [0, 0.05) is 59.9 Å². The van der Waals surface area contributed by atoms with Crippen LogP contribution in [0.25, 0.3) is 10.9 Å². The van der Waals surface area contributed by atoms with Crippen LogP contribution in [0.5, 0.6) is 0 Å². The molecule has 1 aliphatic heterocycles. The van der Waals surface area contributed by atoms with Gasteiger partial charge in [0.1, 0.15) is 6.04 Å². The number of aromatic amines is 1. The van der Waals surface area contributed by atoms with E-state index in [1.54, 1.807) is 0 Å². The van der Waals surface area contributed by atoms with Crippen molar-refractivity contribution >= 4 is 32.8 Å². The van der Waals surface area contributed by atoms with E-state index in [2.05, 4.69) is 55.0 Å². The van der Waals surface area contributed by atoms with Crippen LogP contribution in [-0.2, 0) is 11.3 Å². The molecule has 140 valence electrons. The fourth-order valence-corrected chi connectivity index (χ4v) is 4.21. The van der Waals surface area contributed by atoms with E-state index in [0.717, 1.165) is 53.7 Å². The highest BCUT2D eigenvalue weighted by Crippen LogP contribution is 2.31. The van der Waals surface area contributed by atoms with Crippen LogP contribution >= 0.6 is 15.9 Å². The Morgan fingerprint density at radius 2 is 1.85 bits per heavy atom. The Morgan fingerprint density at radius 3 is 2.56 bits per heavy atom. The van der Waals surface area contributed by atoms with Crippen molar-refractivity contribution in [2.45, 2.75) is 12.6 Å². The zero-order chi connectivity index (χ0) is 18.8. The van der Waals surface area contributed by atoms with Gasteiger partial charge in [0.2, 0.25) is 0 Å². The third-order valence-corrected chi connectivity index (χ3v) is 5.72. The van der Waals surface area contributed by atoms with Gasteiger partial charge in [-0.15, -0.1) is 0 Å². The Bertz CT molecular complexity index is 933. The maximum absolute atomic E-state index is 12.1. The van der Waals surface area contributed by atoms with Crippen molar-refractivity contribution in [2.24, 2.45) is 0 Å². The van der Waals surface area contributed by atoms with Gasteiger partial charge in [-0.25, -0.2) is 0 Å². The zero-order valence-electron chi connectivity index (χ0n) is 14.9. The van der Waals surface area contributed by atoms with Gasteiger partial charge in [-0.05, 0) is 23.8 Å². The van der Waals surface area contributed by atoms with Crippen molar-refractivity contribution in [3.05, 3.63) is 70.3 Å². The molecule has 6 heteroatoms. The highest BCUT2D eigenvalue weighted by molar-refractivity contribution is 9.10. The lowest BCUT2D eigenvalue weighted by atomic mass is 10.0. The molecule has 0 spiro atoms. The second-order valence-corrected chi connectivity index (χ2v) is 7.89. The zero-order valence-corrected chi connectivity index (χ0v) is 16.5. The molecule has 1 aromatic heterocycles. The first-order chi connectivity index (χ1) is 13.1. The lowest BCUT2D eigenvalue weighted by Crippen LogP contribution is -2.48. The number of aliphatic carboxylic acids is 1. The monoisotopic (exact) mass is 427 g/mol. The molecule has 1 aliphatic rings. The second kappa shape index (κ2) is 7.84. The molecule has 1 fully saturated rings. The van der Waals surface area contributed by atoms with E-state index in [-0.39, 0.29) is 0 Å². The van der Waals surface area contributed by atoms with Crippen molar-refractivity contribution in [3.8, 4) is 0 Å². The van der Waals surface area contributed by atoms with E-state index >= 15 is 0 Å². The molecule has 0 saturated carbocycles. The predicted octanol–water partition coefficient (Wildman–Crippen LogP) is 3.87. The summed E-state index contributed by atoms with van der Waals surface area (Å²) in [5.74, 6) is -0.799. The van der Waals surface area contributed by atoms with Gasteiger partial charge >= 0.3 is 5.97 Å². The number of carboxylic acid groups (broad SMARTS) is 1. The third-order valence-electron chi connectivity index (χ3n) is 5.23. The van der Waals surface area contributed by atoms with Gasteiger partial charge in [-0.3, -0.25) is 14.6 Å². The standard InChI is InChI=1S/C21H22BrN3O2/c22-16-6-7-19-17(12-16)18(13-23-19)20(21(26)27)25-10-8-24(9-11-25)14-15-4-2-1-3-5-15/h1-7,12-13,20,23H,8-11,14H2,(H,26,27)/t20-/m1/s1. The number of carbonyl (C=O) groups is 1. The largest absolute Gasteiger partial charge is 0.480 e. The van der Waals surface area contributed by atoms with Crippen LogP contribution in [0.1, 0.15) is 17.2 Å². The van der Waals surface area contributed by atoms with E-state index in [1.165, 1.54) is 5.56 Å². The lowest BCUT2D eigenvalue weighted by molar-refractivity contribution is -0.144. The average molecular weight is 428 g/mol. The molecular formula is C21H22BrN3O2. The number of H-pyrrole nitrogens is 1. The highest BCUT2D eigenvalue weighted by atomic mass is 79.9. The number of hydrogen-bond acceptors (Lipinski definition) is 3. The number of carboxylic acids is 1. The summed E-state index contributed by atoms with van der Waals surface area (Å²) in [6.07, 6.45) is 1.84. The minimum atomic E-state index is -0.799. The van der Waals surface area contributed by atoms with Crippen LogP contribution in [0.4, 0.5) is 0 Å². The Morgan fingerprint density at radius 1 is 1.11 bits per heavy atom. The van der Waals surface area contributed by atoms with Gasteiger partial charge in [0.25, 0.3) is 0 Å². The summed E-state index contributed by atoms with van der Waals surface area (Å²) in [4.78, 5) is 19.8. The number of benzene rings is 2. The Kier molecular flexibility index (Phi) is 5.29. The molecule has 0 aliphatic carbocycles. The lowest BCUT2D eigenvalue weighted by Gasteiger charge is -2.37. The molecule has 0 unspecified atom stereocenters. The molecule has 4 rings (SSSR count). The van der Waals surface area contributed by atoms with Crippen molar-refractivity contribution in [1.29, 1.82) is 0 Å². The van der Waals surface area contributed by atoms with E-state index in [9.17, 15) is 9.90 Å². The smallest absolute Gasteiger partial charge is 0.325 e. The Hall–Kier alpha value is -2.15. The molecule has 2 N–H and O–H groups in total. The van der Waals surface area contributed by atoms with E-state index < -0.39 is 12.0 Å². The number of fused-ring (bicyclic) bond motifs is 1. The molecule has 2 aromatic carbocycles. The Balaban J connectivity index is 1.50. The van der Waals surface area contributed by atoms with Crippen molar-refractivity contribution in [3.63, 3.8) is 0 Å². The van der Waals surface area contributed by atoms with Crippen molar-refractivity contribution in [1.82, 2.24) is 14.8 Å². The minimum absolute atomic E-state index is 0.632. The number of hydrogen-bond donors (Lipinski definition) is 2. The summed E-state index contributed by atoms with van der Waals surface area (Å²) in [7, 11) is 0. The predicted molar refractivity (Wildman–Crippen MR) is 110 cm³/mol. The molecule has 27 heavy (non-hydrogen) atoms. The fourth-order valence-electron chi connectivity index (χ4n) is 3.85. The van der Waals surface area contributed by atoms with Gasteiger partial charge in [-0.2, -0.15) is 0 Å². The minimum Gasteiger partial charge on any atom is -0.480 e. The summed E-state index contributed by atoms with van der Waals surface area (Å²) in [6, 6.07) is 15.7. The highest BCUT2D eigenvalue weighted by Gasteiger charge is 2.32.